The van der Waals surface area contributed by atoms with E-state index in [1.54, 1.807) is 0 Å². The van der Waals surface area contributed by atoms with Gasteiger partial charge in [0.1, 0.15) is 0 Å². The molecule has 0 radical (unpaired) electrons. The van der Waals surface area contributed by atoms with Gasteiger partial charge in [0.05, 0.1) is 23.7 Å². The van der Waals surface area contributed by atoms with Gasteiger partial charge in [0, 0.05) is 37.8 Å². The third-order valence-electron chi connectivity index (χ3n) is 4.49. The van der Waals surface area contributed by atoms with Gasteiger partial charge in [-0.2, -0.15) is 5.26 Å². The highest BCUT2D eigenvalue weighted by atomic mass is 15.2. The maximum Gasteiger partial charge on any atom is 0.0995 e. The molecule has 1 saturated carbocycles. The molecule has 106 valence electrons. The second kappa shape index (κ2) is 5.01. The van der Waals surface area contributed by atoms with Crippen LogP contribution >= 0.6 is 0 Å². The summed E-state index contributed by atoms with van der Waals surface area (Å²) < 4.78 is 2.38. The van der Waals surface area contributed by atoms with Crippen molar-refractivity contribution in [2.24, 2.45) is 0 Å². The Kier molecular flexibility index (Phi) is 3.01. The van der Waals surface area contributed by atoms with Gasteiger partial charge in [0.15, 0.2) is 0 Å². The Bertz CT molecular complexity index is 706. The van der Waals surface area contributed by atoms with Gasteiger partial charge in [0.2, 0.25) is 0 Å². The first-order chi connectivity index (χ1) is 10.3. The Morgan fingerprint density at radius 1 is 1.29 bits per heavy atom. The van der Waals surface area contributed by atoms with Gasteiger partial charge in [-0.3, -0.25) is 4.90 Å². The van der Waals surface area contributed by atoms with Gasteiger partial charge in [0.25, 0.3) is 0 Å². The van der Waals surface area contributed by atoms with Crippen LogP contribution in [-0.2, 0) is 19.5 Å². The Labute approximate surface area is 124 Å². The van der Waals surface area contributed by atoms with Gasteiger partial charge in [-0.15, -0.1) is 0 Å². The summed E-state index contributed by atoms with van der Waals surface area (Å²) in [6, 6.07) is 10.9. The summed E-state index contributed by atoms with van der Waals surface area (Å²) in [4.78, 5) is 7.00. The number of hydrogen-bond donors (Lipinski definition) is 0. The standard InChI is InChI=1S/C17H18N4/c18-9-13-3-1-2-4-14(13)10-20-8-7-17-16(11-20)19-12-21(17)15-5-6-15/h1-4,12,15H,5-8,10-11H2. The second-order valence-electron chi connectivity index (χ2n) is 6.01. The van der Waals surface area contributed by atoms with Gasteiger partial charge >= 0.3 is 0 Å². The molecule has 2 heterocycles. The van der Waals surface area contributed by atoms with Crippen LogP contribution in [0.1, 0.15) is 41.4 Å². The van der Waals surface area contributed by atoms with Gasteiger partial charge in [-0.1, -0.05) is 18.2 Å². The molecule has 1 aromatic carbocycles. The number of fused-ring (bicyclic) bond motifs is 1. The molecule has 0 unspecified atom stereocenters. The predicted octanol–water partition coefficient (Wildman–Crippen LogP) is 2.65. The molecular weight excluding hydrogens is 260 g/mol. The van der Waals surface area contributed by atoms with E-state index < -0.39 is 0 Å². The lowest BCUT2D eigenvalue weighted by Gasteiger charge is -2.27. The number of hydrogen-bond acceptors (Lipinski definition) is 3. The third-order valence-corrected chi connectivity index (χ3v) is 4.49. The lowest BCUT2D eigenvalue weighted by Crippen LogP contribution is -2.31. The molecule has 0 atom stereocenters. The lowest BCUT2D eigenvalue weighted by atomic mass is 10.1. The fourth-order valence-electron chi connectivity index (χ4n) is 3.20. The van der Waals surface area contributed by atoms with E-state index in [1.807, 2.05) is 24.5 Å². The molecule has 0 N–H and O–H groups in total. The van der Waals surface area contributed by atoms with Crippen molar-refractivity contribution in [3.05, 3.63) is 53.1 Å². The van der Waals surface area contributed by atoms with Gasteiger partial charge in [-0.25, -0.2) is 4.98 Å². The molecule has 4 heteroatoms. The van der Waals surface area contributed by atoms with Gasteiger partial charge < -0.3 is 4.57 Å². The van der Waals surface area contributed by atoms with E-state index in [1.165, 1.54) is 24.2 Å². The van der Waals surface area contributed by atoms with Crippen molar-refractivity contribution in [2.75, 3.05) is 6.54 Å². The van der Waals surface area contributed by atoms with E-state index in [0.717, 1.165) is 37.2 Å². The highest BCUT2D eigenvalue weighted by molar-refractivity contribution is 5.37. The van der Waals surface area contributed by atoms with Gasteiger partial charge in [-0.05, 0) is 24.5 Å². The maximum absolute atomic E-state index is 9.19. The quantitative estimate of drug-likeness (QED) is 0.867. The largest absolute Gasteiger partial charge is 0.331 e. The molecule has 1 aliphatic heterocycles. The number of aromatic nitrogens is 2. The number of benzene rings is 1. The van der Waals surface area contributed by atoms with Crippen LogP contribution in [0.3, 0.4) is 0 Å². The smallest absolute Gasteiger partial charge is 0.0995 e. The van der Waals surface area contributed by atoms with E-state index in [4.69, 9.17) is 0 Å². The molecule has 1 fully saturated rings. The molecule has 4 nitrogen and oxygen atoms in total. The van der Waals surface area contributed by atoms with Crippen molar-refractivity contribution >= 4 is 0 Å². The normalized spacial score (nSPS) is 18.2. The number of imidazole rings is 1. The van der Waals surface area contributed by atoms with Crippen LogP contribution in [-0.4, -0.2) is 21.0 Å². The van der Waals surface area contributed by atoms with Crippen LogP contribution in [0.15, 0.2) is 30.6 Å². The Morgan fingerprint density at radius 3 is 2.95 bits per heavy atom. The van der Waals surface area contributed by atoms with E-state index >= 15 is 0 Å². The lowest BCUT2D eigenvalue weighted by molar-refractivity contribution is 0.239. The summed E-state index contributed by atoms with van der Waals surface area (Å²) >= 11 is 0. The summed E-state index contributed by atoms with van der Waals surface area (Å²) in [5.74, 6) is 0. The molecule has 21 heavy (non-hydrogen) atoms. The summed E-state index contributed by atoms with van der Waals surface area (Å²) in [5.41, 5.74) is 4.56. The average Bonchev–Trinajstić information content (AvgIpc) is 3.28. The first kappa shape index (κ1) is 12.6. The van der Waals surface area contributed by atoms with Crippen LogP contribution in [0.4, 0.5) is 0 Å². The topological polar surface area (TPSA) is 44.9 Å². The second-order valence-corrected chi connectivity index (χ2v) is 6.01. The summed E-state index contributed by atoms with van der Waals surface area (Å²) in [6.07, 6.45) is 5.71. The fraction of sp³-hybridized carbons (Fsp3) is 0.412. The SMILES string of the molecule is N#Cc1ccccc1CN1CCc2c(ncn2C2CC2)C1. The number of nitrogens with zero attached hydrogens (tertiary/aromatic N) is 4. The molecule has 2 aromatic rings. The zero-order valence-corrected chi connectivity index (χ0v) is 12.0. The predicted molar refractivity (Wildman–Crippen MR) is 79.5 cm³/mol. The molecule has 0 bridgehead atoms. The monoisotopic (exact) mass is 278 g/mol. The van der Waals surface area contributed by atoms with Crippen molar-refractivity contribution in [1.29, 1.82) is 5.26 Å². The minimum absolute atomic E-state index is 0.715. The van der Waals surface area contributed by atoms with Crippen molar-refractivity contribution in [2.45, 2.75) is 38.4 Å². The van der Waals surface area contributed by atoms with E-state index in [2.05, 4.69) is 26.6 Å². The third kappa shape index (κ3) is 2.34. The van der Waals surface area contributed by atoms with Crippen molar-refractivity contribution in [3.8, 4) is 6.07 Å². The Hall–Kier alpha value is -2.12. The summed E-state index contributed by atoms with van der Waals surface area (Å²) in [7, 11) is 0. The highest BCUT2D eigenvalue weighted by Gasteiger charge is 2.29. The first-order valence-corrected chi connectivity index (χ1v) is 7.60. The fourth-order valence-corrected chi connectivity index (χ4v) is 3.20. The summed E-state index contributed by atoms with van der Waals surface area (Å²) in [6.45, 7) is 2.78. The molecule has 2 aliphatic rings. The van der Waals surface area contributed by atoms with E-state index in [9.17, 15) is 5.26 Å². The van der Waals surface area contributed by atoms with Crippen LogP contribution in [0.25, 0.3) is 0 Å². The Balaban J connectivity index is 1.52. The number of nitriles is 1. The minimum Gasteiger partial charge on any atom is -0.331 e. The number of rotatable bonds is 3. The van der Waals surface area contributed by atoms with E-state index in [0.29, 0.717) is 6.04 Å². The molecule has 0 spiro atoms. The maximum atomic E-state index is 9.19. The first-order valence-electron chi connectivity index (χ1n) is 7.60. The van der Waals surface area contributed by atoms with Crippen LogP contribution in [0.5, 0.6) is 0 Å². The molecule has 1 aliphatic carbocycles. The van der Waals surface area contributed by atoms with Crippen LogP contribution in [0, 0.1) is 11.3 Å². The molecule has 0 amide bonds. The molecule has 0 saturated heterocycles. The highest BCUT2D eigenvalue weighted by Crippen LogP contribution is 2.37. The molecule has 1 aromatic heterocycles. The van der Waals surface area contributed by atoms with Crippen LogP contribution in [0.2, 0.25) is 0 Å². The molecule has 4 rings (SSSR count). The Morgan fingerprint density at radius 2 is 2.14 bits per heavy atom. The van der Waals surface area contributed by atoms with Crippen molar-refractivity contribution in [3.63, 3.8) is 0 Å². The van der Waals surface area contributed by atoms with Crippen molar-refractivity contribution in [1.82, 2.24) is 14.5 Å². The van der Waals surface area contributed by atoms with Crippen molar-refractivity contribution < 1.29 is 0 Å². The van der Waals surface area contributed by atoms with E-state index in [-0.39, 0.29) is 0 Å². The average molecular weight is 278 g/mol. The summed E-state index contributed by atoms with van der Waals surface area (Å²) in [5, 5.41) is 9.19. The molecular formula is C17H18N4. The zero-order chi connectivity index (χ0) is 14.2. The minimum atomic E-state index is 0.715. The van der Waals surface area contributed by atoms with Crippen LogP contribution < -0.4 is 0 Å². The zero-order valence-electron chi connectivity index (χ0n) is 12.0.